The molecule has 11 amide bonds. The maximum Gasteiger partial charge on any atom is 1.00 e. The van der Waals surface area contributed by atoms with Gasteiger partial charge in [0.2, 0.25) is 7.85 Å². The number of nitrogens with one attached hydrogen (secondary N) is 6. The molecule has 0 unspecified atom stereocenters. The van der Waals surface area contributed by atoms with Crippen LogP contribution in [0.1, 0.15) is 105 Å². The van der Waals surface area contributed by atoms with Crippen LogP contribution in [0.25, 0.3) is 5.32 Å². The molecule has 676 valence electrons. The van der Waals surface area contributed by atoms with E-state index in [1.54, 1.807) is 166 Å². The molecule has 129 heavy (non-hydrogen) atoms. The minimum atomic E-state index is -1.00. The normalized spacial score (nSPS) is 17.1. The Labute approximate surface area is 838 Å². The van der Waals surface area contributed by atoms with Crippen LogP contribution in [-0.2, 0) is 0 Å². The zero-order valence-corrected chi connectivity index (χ0v) is 81.8. The molecule has 9 heterocycles. The Kier molecular flexibility index (Phi) is 56.1. The molecule has 9 aliphatic rings. The van der Waals surface area contributed by atoms with Crippen LogP contribution < -0.4 is 124 Å². The zero-order valence-electron chi connectivity index (χ0n) is 72.6. The Hall–Kier alpha value is -8.80. The number of carbonyl (C=O) groups is 11. The first kappa shape index (κ1) is 114. The number of halogens is 6. The monoisotopic (exact) mass is 2070 g/mol. The summed E-state index contributed by atoms with van der Waals surface area (Å²) in [6, 6.07) is 34.2. The molecule has 35 nitrogen and oxygen atoms in total. The molecular formula is C81H100B6Br4ClFKN19O16. The van der Waals surface area contributed by atoms with E-state index >= 15 is 0 Å². The van der Waals surface area contributed by atoms with E-state index in [1.807, 2.05) is 30.4 Å². The molecule has 2 radical (unpaired) electrons. The number of hydrogen-bond acceptors (Lipinski definition) is 27. The third-order valence-corrected chi connectivity index (χ3v) is 19.1. The van der Waals surface area contributed by atoms with Gasteiger partial charge in [-0.3, -0.25) is 57.1 Å². The number of allylic oxidation sites excluding steroid dienone is 3. The van der Waals surface area contributed by atoms with E-state index in [1.165, 1.54) is 33.3 Å². The van der Waals surface area contributed by atoms with E-state index in [9.17, 15) is 72.0 Å². The summed E-state index contributed by atoms with van der Waals surface area (Å²) in [5.41, 5.74) is 14.7. The van der Waals surface area contributed by atoms with Crippen LogP contribution in [0.4, 0.5) is 9.18 Å². The van der Waals surface area contributed by atoms with E-state index in [0.29, 0.717) is 113 Å². The average Bonchev–Trinajstić information content (AvgIpc) is 1.70. The maximum absolute atomic E-state index is 12.4. The van der Waals surface area contributed by atoms with Gasteiger partial charge in [-0.05, 0) is 55.4 Å². The number of quaternary nitrogens is 2. The number of nitroso groups, excluding NO2 is 2. The molecule has 0 spiro atoms. The van der Waals surface area contributed by atoms with Crippen molar-refractivity contribution in [2.45, 2.75) is 20.5 Å². The zero-order chi connectivity index (χ0) is 93.4. The first-order valence-corrected chi connectivity index (χ1v) is 42.6. The Balaban J connectivity index is 0.000000513. The van der Waals surface area contributed by atoms with Gasteiger partial charge in [0, 0.05) is 46.8 Å². The van der Waals surface area contributed by atoms with Gasteiger partial charge in [-0.2, -0.15) is 0 Å². The number of nitrogens with two attached hydrogens (primary N) is 1. The smallest absolute Gasteiger partial charge is 1.00 e. The van der Waals surface area contributed by atoms with Crippen LogP contribution in [0.2, 0.25) is 20.5 Å². The number of alkyl halides is 4. The second kappa shape index (κ2) is 63.3. The van der Waals surface area contributed by atoms with Crippen molar-refractivity contribution < 1.29 is 165 Å². The minimum absolute atomic E-state index is 0. The van der Waals surface area contributed by atoms with Crippen LogP contribution in [0, 0.1) is 9.81 Å². The molecule has 0 atom stereocenters. The maximum atomic E-state index is 12.4. The third kappa shape index (κ3) is 37.8. The number of rotatable bonds is 32. The van der Waals surface area contributed by atoms with Crippen molar-refractivity contribution in [3.63, 3.8) is 0 Å². The number of fused-ring (bicyclic) bond motifs is 5. The fourth-order valence-corrected chi connectivity index (χ4v) is 13.7. The first-order chi connectivity index (χ1) is 61.0. The van der Waals surface area contributed by atoms with Gasteiger partial charge in [0.25, 0.3) is 35.4 Å². The van der Waals surface area contributed by atoms with Gasteiger partial charge >= 0.3 is 294 Å². The van der Waals surface area contributed by atoms with Gasteiger partial charge in [-0.25, -0.2) is 14.7 Å². The standard InChI is InChI=1S/C18H22N5O2.C15H18B2N4O4.C12H10BrNO2.C12H12N2O2.C8H5NO2.C7H16B2N4O2.C4H8B2N2O2.C4H6Br2.CH3F.BrH.ClH.K/c24-17-15-5-1-2-6-16(15)18(25)22(17)7-3-4-8-23-12-19-9-20(13-23)11-21(10-19)14-23;1-17(24)20-15(16-10-19-25)18-8-4-5-9-21-13(22)11-6-2-3-7-12(11)14(21)23;2*13-7-3-4-8-14-11(15)9-5-1-2-6-10(9)12(14)16;10-7-5-3-1-2-4-6(5)8(11)9-7;1-9(14)13-7(8-6-12-15)11-5-3-2-4-10;1-3(7-4(5)9)8-6(2)10;5-3-1-2-4-6;1-2;;;/h1-6H,7-14H2;2-7,18,20,24H,8-10H2,1H3;1-6H,7-8H2;1-6H,7-8,13H2;1-4H,(H,9,10,11);2-3,11,13-14H,4-6,10H2,1H3;8,10H,1H2,2H3,(H,7,9);1-2H,3-4H2;1H3;2*1H;/q+1;;;;;;;;;;;+1/p-2/b4-3+;5-4+;2*4-3+;;3-2+;;2-1+;;;;/i;;;;;;;;1D;;;. The van der Waals surface area contributed by atoms with E-state index in [2.05, 4.69) is 140 Å². The molecule has 0 saturated carbocycles. The molecule has 14 rings (SSSR count). The summed E-state index contributed by atoms with van der Waals surface area (Å²) in [6.07, 6.45) is 22.6. The summed E-state index contributed by atoms with van der Waals surface area (Å²) < 4.78 is 16.5. The number of imide groups is 5. The summed E-state index contributed by atoms with van der Waals surface area (Å²) >= 11 is 9.73. The third-order valence-electron chi connectivity index (χ3n) is 18.0. The Morgan fingerprint density at radius 2 is 0.791 bits per heavy atom. The number of carbonyl (C=O) groups excluding carboxylic acids is 11. The first-order valence-electron chi connectivity index (χ1n) is 39.9. The number of nitrogens with zero attached hydrogens (tertiary/aromatic N) is 11. The molecular weight excluding hydrogens is 1970 g/mol. The summed E-state index contributed by atoms with van der Waals surface area (Å²) in [7, 11) is 1.52. The predicted molar refractivity (Wildman–Crippen MR) is 499 cm³/mol. The second-order valence-corrected chi connectivity index (χ2v) is 29.5. The number of hydrogen-bond donors (Lipinski definition) is 11. The van der Waals surface area contributed by atoms with Crippen molar-refractivity contribution in [3.8, 4) is 0 Å². The fraction of sp³-hybridized carbons (Fsp3) is 0.296. The quantitative estimate of drug-likeness (QED) is 0.00479. The molecule has 14 N–H and O–H groups in total. The largest absolute Gasteiger partial charge is 1.00 e. The Bertz CT molecular complexity index is 4630. The van der Waals surface area contributed by atoms with E-state index < -0.39 is 45.9 Å². The van der Waals surface area contributed by atoms with Crippen LogP contribution >= 0.6 is 47.8 Å². The van der Waals surface area contributed by atoms with Crippen LogP contribution in [0.15, 0.2) is 217 Å². The SMILES string of the molecule is BrC/C=C/CBr.CB(O)NC(=BCN=O)NC/C=C/CN.CB(O)NC(=BCN=O)NC/C=C/CN1C(=O)c2ccccc2C1=O.O=C1[N-]C(=O)c2ccccc21.O=C1c2ccccc2C(=O)N1C/C=C/CBr.O=C1c2ccccc2C(=O)N1C/C=C/C[N+]12CN3CN(CN(C3)C1)C2.[2H]CF.[B]C(=O)NC(=C)NB(C)O.[Br-].[Cl-].[K+].[NH3+]C/C=C/CN1C(=O)c2ccccc2C1=O. The molecule has 5 aromatic carbocycles. The predicted octanol–water partition coefficient (Wildman–Crippen LogP) is -5.07. The van der Waals surface area contributed by atoms with Gasteiger partial charge in [-0.15, -0.1) is 0 Å². The van der Waals surface area contributed by atoms with Crippen LogP contribution in [0.3, 0.4) is 0 Å². The van der Waals surface area contributed by atoms with Crippen molar-refractivity contribution in [1.29, 1.82) is 0 Å². The van der Waals surface area contributed by atoms with Gasteiger partial charge < -0.3 is 65.6 Å². The summed E-state index contributed by atoms with van der Waals surface area (Å²) in [4.78, 5) is 161. The average molecular weight is 2070 g/mol. The molecule has 4 fully saturated rings. The van der Waals surface area contributed by atoms with E-state index in [4.69, 9.17) is 25.0 Å². The summed E-state index contributed by atoms with van der Waals surface area (Å²) in [5, 5.41) is 54.4. The van der Waals surface area contributed by atoms with Crippen molar-refractivity contribution in [3.05, 3.63) is 277 Å². The van der Waals surface area contributed by atoms with Gasteiger partial charge in [0.15, 0.2) is 5.81 Å². The van der Waals surface area contributed by atoms with E-state index in [-0.39, 0.29) is 153 Å². The van der Waals surface area contributed by atoms with Gasteiger partial charge in [0.1, 0.15) is 26.6 Å². The number of benzene rings is 5. The van der Waals surface area contributed by atoms with Gasteiger partial charge in [-0.1, -0.05) is 151 Å². The molecule has 0 aromatic heterocycles. The topological polar surface area (TPSA) is 470 Å². The molecule has 48 heteroatoms. The van der Waals surface area contributed by atoms with Crippen molar-refractivity contribution in [2.24, 2.45) is 16.1 Å². The molecule has 4 bridgehead atoms. The summed E-state index contributed by atoms with van der Waals surface area (Å²) in [6.45, 7) is 21.8. The van der Waals surface area contributed by atoms with Crippen LogP contribution in [-0.4, -0.2) is 308 Å². The van der Waals surface area contributed by atoms with Crippen molar-refractivity contribution in [1.82, 2.24) is 65.9 Å². The molecule has 4 saturated heterocycles. The van der Waals surface area contributed by atoms with E-state index in [0.717, 1.165) is 67.0 Å². The minimum Gasteiger partial charge on any atom is -1.00 e. The fourth-order valence-electron chi connectivity index (χ4n) is 13.0. The summed E-state index contributed by atoms with van der Waals surface area (Å²) in [5.74, 6) is -3.19. The number of amides is 11. The van der Waals surface area contributed by atoms with Gasteiger partial charge in [0.05, 0.1) is 86.1 Å². The molecule has 0 aliphatic carbocycles. The van der Waals surface area contributed by atoms with Crippen LogP contribution in [0.5, 0.6) is 0 Å². The van der Waals surface area contributed by atoms with Crippen molar-refractivity contribution >= 4 is 167 Å². The Morgan fingerprint density at radius 1 is 0.519 bits per heavy atom. The molecule has 5 aromatic rings. The molecule has 9 aliphatic heterocycles. The van der Waals surface area contributed by atoms with Crippen molar-refractivity contribution in [2.75, 3.05) is 135 Å². The Morgan fingerprint density at radius 3 is 1.06 bits per heavy atom. The second-order valence-electron chi connectivity index (χ2n) is 27.6.